The molecule has 0 aliphatic carbocycles. The van der Waals surface area contributed by atoms with E-state index >= 15 is 0 Å². The van der Waals surface area contributed by atoms with Crippen molar-refractivity contribution in [2.75, 3.05) is 31.2 Å². The Kier molecular flexibility index (Phi) is 5.65. The standard InChI is InChI=1S/C26H27ClN4O4/c1-15-3-4-21-18(11-15)28-26(35-21)16-5-8-31(9-6-16)20-13-23(32)30(2)19-12-22(25(27)29-24(19)20)34-17-7-10-33-14-17/h3-4,11-13,16-17H,5-10,14H2,1-2H3/t17-/m1/s1. The molecule has 8 nitrogen and oxygen atoms in total. The normalized spacial score (nSPS) is 19.2. The van der Waals surface area contributed by atoms with Crippen LogP contribution in [0, 0.1) is 6.92 Å². The summed E-state index contributed by atoms with van der Waals surface area (Å²) in [7, 11) is 1.74. The van der Waals surface area contributed by atoms with Gasteiger partial charge in [0.05, 0.1) is 24.4 Å². The van der Waals surface area contributed by atoms with E-state index in [9.17, 15) is 4.79 Å². The zero-order chi connectivity index (χ0) is 24.1. The lowest BCUT2D eigenvalue weighted by atomic mass is 9.96. The maximum Gasteiger partial charge on any atom is 0.252 e. The first-order valence-corrected chi connectivity index (χ1v) is 12.4. The highest BCUT2D eigenvalue weighted by atomic mass is 35.5. The fourth-order valence-corrected chi connectivity index (χ4v) is 5.20. The first-order valence-electron chi connectivity index (χ1n) is 12.0. The predicted octanol–water partition coefficient (Wildman–Crippen LogP) is 4.59. The highest BCUT2D eigenvalue weighted by Gasteiger charge is 2.27. The van der Waals surface area contributed by atoms with Gasteiger partial charge in [0.15, 0.2) is 22.4 Å². The molecule has 9 heteroatoms. The molecule has 2 aliphatic rings. The van der Waals surface area contributed by atoms with Crippen molar-refractivity contribution in [3.05, 3.63) is 57.3 Å². The number of fused-ring (bicyclic) bond motifs is 2. The average molecular weight is 495 g/mol. The van der Waals surface area contributed by atoms with E-state index in [1.807, 2.05) is 18.2 Å². The van der Waals surface area contributed by atoms with E-state index in [0.29, 0.717) is 35.1 Å². The molecule has 35 heavy (non-hydrogen) atoms. The zero-order valence-electron chi connectivity index (χ0n) is 19.8. The van der Waals surface area contributed by atoms with Crippen LogP contribution in [-0.2, 0) is 11.8 Å². The SMILES string of the molecule is Cc1ccc2oc(C3CCN(c4cc(=O)n(C)c5cc(O[C@@H]6CCOC6)c(Cl)nc45)CC3)nc2c1. The molecule has 0 radical (unpaired) electrons. The van der Waals surface area contributed by atoms with E-state index in [1.165, 1.54) is 5.56 Å². The van der Waals surface area contributed by atoms with E-state index in [1.54, 1.807) is 17.7 Å². The van der Waals surface area contributed by atoms with E-state index in [0.717, 1.165) is 55.0 Å². The number of piperidine rings is 1. The molecule has 3 aromatic heterocycles. The Morgan fingerprint density at radius 2 is 1.94 bits per heavy atom. The number of anilines is 1. The molecule has 0 unspecified atom stereocenters. The second kappa shape index (κ2) is 8.84. The molecule has 1 atom stereocenters. The molecule has 2 saturated heterocycles. The van der Waals surface area contributed by atoms with Gasteiger partial charge in [-0.2, -0.15) is 0 Å². The number of ether oxygens (including phenoxy) is 2. The van der Waals surface area contributed by atoms with Crippen LogP contribution in [0.5, 0.6) is 5.75 Å². The Balaban J connectivity index is 1.28. The van der Waals surface area contributed by atoms with Crippen molar-refractivity contribution in [1.82, 2.24) is 14.5 Å². The van der Waals surface area contributed by atoms with E-state index in [-0.39, 0.29) is 17.6 Å². The third-order valence-corrected chi connectivity index (χ3v) is 7.32. The molecule has 5 heterocycles. The topological polar surface area (TPSA) is 82.6 Å². The molecular formula is C26H27ClN4O4. The van der Waals surface area contributed by atoms with Crippen molar-refractivity contribution in [2.45, 2.75) is 38.2 Å². The van der Waals surface area contributed by atoms with Gasteiger partial charge in [-0.3, -0.25) is 4.79 Å². The van der Waals surface area contributed by atoms with Crippen LogP contribution in [0.4, 0.5) is 5.69 Å². The van der Waals surface area contributed by atoms with Crippen LogP contribution in [0.2, 0.25) is 5.15 Å². The number of rotatable bonds is 4. The smallest absolute Gasteiger partial charge is 0.252 e. The summed E-state index contributed by atoms with van der Waals surface area (Å²) in [6, 6.07) is 9.54. The van der Waals surface area contributed by atoms with Gasteiger partial charge < -0.3 is 23.4 Å². The van der Waals surface area contributed by atoms with Gasteiger partial charge >= 0.3 is 0 Å². The highest BCUT2D eigenvalue weighted by molar-refractivity contribution is 6.31. The van der Waals surface area contributed by atoms with Gasteiger partial charge in [0, 0.05) is 44.6 Å². The number of hydrogen-bond acceptors (Lipinski definition) is 7. The molecule has 6 rings (SSSR count). The molecule has 0 N–H and O–H groups in total. The Morgan fingerprint density at radius 1 is 1.11 bits per heavy atom. The van der Waals surface area contributed by atoms with Crippen molar-refractivity contribution in [3.63, 3.8) is 0 Å². The van der Waals surface area contributed by atoms with Crippen LogP contribution in [0.25, 0.3) is 22.1 Å². The number of aryl methyl sites for hydroxylation is 2. The number of hydrogen-bond donors (Lipinski definition) is 0. The Hall–Kier alpha value is -3.10. The van der Waals surface area contributed by atoms with Crippen molar-refractivity contribution < 1.29 is 13.9 Å². The quantitative estimate of drug-likeness (QED) is 0.384. The minimum absolute atomic E-state index is 0.0539. The lowest BCUT2D eigenvalue weighted by molar-refractivity contribution is 0.141. The van der Waals surface area contributed by atoms with Crippen molar-refractivity contribution in [1.29, 1.82) is 0 Å². The number of halogens is 1. The largest absolute Gasteiger partial charge is 0.485 e. The minimum atomic E-state index is -0.0942. The Bertz CT molecular complexity index is 1470. The van der Waals surface area contributed by atoms with Gasteiger partial charge in [-0.1, -0.05) is 17.7 Å². The van der Waals surface area contributed by atoms with Gasteiger partial charge in [0.25, 0.3) is 5.56 Å². The molecule has 0 amide bonds. The summed E-state index contributed by atoms with van der Waals surface area (Å²) in [5.74, 6) is 1.51. The molecule has 0 saturated carbocycles. The van der Waals surface area contributed by atoms with Crippen LogP contribution >= 0.6 is 11.6 Å². The molecule has 1 aromatic carbocycles. The number of benzene rings is 1. The molecule has 0 spiro atoms. The van der Waals surface area contributed by atoms with Gasteiger partial charge in [-0.15, -0.1) is 0 Å². The van der Waals surface area contributed by atoms with Crippen LogP contribution in [-0.4, -0.2) is 46.9 Å². The third kappa shape index (κ3) is 4.15. The third-order valence-electron chi connectivity index (χ3n) is 7.04. The van der Waals surface area contributed by atoms with Crippen LogP contribution in [0.15, 0.2) is 39.5 Å². The van der Waals surface area contributed by atoms with Crippen molar-refractivity contribution >= 4 is 39.4 Å². The lowest BCUT2D eigenvalue weighted by Crippen LogP contribution is -2.34. The van der Waals surface area contributed by atoms with Crippen molar-refractivity contribution in [3.8, 4) is 5.75 Å². The van der Waals surface area contributed by atoms with E-state index < -0.39 is 0 Å². The Labute approximate surface area is 207 Å². The highest BCUT2D eigenvalue weighted by Crippen LogP contribution is 2.36. The summed E-state index contributed by atoms with van der Waals surface area (Å²) in [4.78, 5) is 24.5. The van der Waals surface area contributed by atoms with E-state index in [4.69, 9.17) is 30.5 Å². The summed E-state index contributed by atoms with van der Waals surface area (Å²) in [6.45, 7) is 4.79. The maximum absolute atomic E-state index is 12.8. The minimum Gasteiger partial charge on any atom is -0.485 e. The van der Waals surface area contributed by atoms with Crippen LogP contribution in [0.1, 0.15) is 36.6 Å². The average Bonchev–Trinajstić information content (AvgIpc) is 3.52. The second-order valence-electron chi connectivity index (χ2n) is 9.46. The van der Waals surface area contributed by atoms with Crippen molar-refractivity contribution in [2.24, 2.45) is 7.05 Å². The monoisotopic (exact) mass is 494 g/mol. The lowest BCUT2D eigenvalue weighted by Gasteiger charge is -2.33. The predicted molar refractivity (Wildman–Crippen MR) is 135 cm³/mol. The molecule has 2 aliphatic heterocycles. The van der Waals surface area contributed by atoms with Crippen LogP contribution < -0.4 is 15.2 Å². The maximum atomic E-state index is 12.8. The summed E-state index contributed by atoms with van der Waals surface area (Å²) in [6.07, 6.45) is 2.50. The Morgan fingerprint density at radius 3 is 2.71 bits per heavy atom. The molecule has 4 aromatic rings. The number of aromatic nitrogens is 3. The fraction of sp³-hybridized carbons (Fsp3) is 0.423. The first kappa shape index (κ1) is 22.4. The fourth-order valence-electron chi connectivity index (χ4n) is 5.01. The molecule has 182 valence electrons. The van der Waals surface area contributed by atoms with E-state index in [2.05, 4.69) is 22.9 Å². The number of nitrogens with zero attached hydrogens (tertiary/aromatic N) is 4. The second-order valence-corrected chi connectivity index (χ2v) is 9.82. The van der Waals surface area contributed by atoms with Gasteiger partial charge in [0.1, 0.15) is 17.1 Å². The number of pyridine rings is 2. The molecule has 0 bridgehead atoms. The summed E-state index contributed by atoms with van der Waals surface area (Å²) in [5.41, 5.74) is 4.99. The number of oxazole rings is 1. The zero-order valence-corrected chi connectivity index (χ0v) is 20.5. The van der Waals surface area contributed by atoms with Gasteiger partial charge in [-0.25, -0.2) is 9.97 Å². The van der Waals surface area contributed by atoms with Gasteiger partial charge in [0.2, 0.25) is 0 Å². The molecular weight excluding hydrogens is 468 g/mol. The molecule has 2 fully saturated rings. The first-order chi connectivity index (χ1) is 17.0. The summed E-state index contributed by atoms with van der Waals surface area (Å²) < 4.78 is 19.1. The summed E-state index contributed by atoms with van der Waals surface area (Å²) >= 11 is 6.53. The summed E-state index contributed by atoms with van der Waals surface area (Å²) in [5, 5.41) is 0.293. The van der Waals surface area contributed by atoms with Gasteiger partial charge in [-0.05, 0) is 37.5 Å². The van der Waals surface area contributed by atoms with Crippen LogP contribution in [0.3, 0.4) is 0 Å².